The number of nitrogens with one attached hydrogen (secondary N) is 2. The highest BCUT2D eigenvalue weighted by atomic mass is 32.2. The zero-order valence-corrected chi connectivity index (χ0v) is 17.0. The van der Waals surface area contributed by atoms with E-state index in [-0.39, 0.29) is 11.7 Å². The van der Waals surface area contributed by atoms with Gasteiger partial charge in [0.1, 0.15) is 10.9 Å². The molecule has 2 aromatic carbocycles. The van der Waals surface area contributed by atoms with Crippen LogP contribution in [0.1, 0.15) is 0 Å². The van der Waals surface area contributed by atoms with Gasteiger partial charge in [0.15, 0.2) is 0 Å². The van der Waals surface area contributed by atoms with Crippen molar-refractivity contribution in [3.63, 3.8) is 0 Å². The Balaban J connectivity index is 1.45. The van der Waals surface area contributed by atoms with Gasteiger partial charge in [-0.05, 0) is 48.5 Å². The molecule has 4 rings (SSSR count). The second kappa shape index (κ2) is 8.36. The Morgan fingerprint density at radius 3 is 2.62 bits per heavy atom. The van der Waals surface area contributed by atoms with E-state index in [4.69, 9.17) is 0 Å². The fourth-order valence-corrected chi connectivity index (χ4v) is 3.74. The van der Waals surface area contributed by atoms with Crippen LogP contribution in [0.25, 0.3) is 22.4 Å². The molecule has 4 aromatic rings. The number of pyridine rings is 1. The number of fused-ring (bicyclic) bond motifs is 1. The largest absolute Gasteiger partial charge is 0.378 e. The first-order chi connectivity index (χ1) is 14.1. The number of imidazole rings is 1. The lowest BCUT2D eigenvalue weighted by Gasteiger charge is -2.13. The number of carbonyl (C=O) groups excluding carboxylic acids is 1. The van der Waals surface area contributed by atoms with E-state index >= 15 is 0 Å². The van der Waals surface area contributed by atoms with E-state index in [0.29, 0.717) is 0 Å². The number of hydrogen-bond acceptors (Lipinski definition) is 5. The van der Waals surface area contributed by atoms with Gasteiger partial charge in [-0.3, -0.25) is 4.79 Å². The lowest BCUT2D eigenvalue weighted by Crippen LogP contribution is -2.14. The van der Waals surface area contributed by atoms with Crippen LogP contribution in [0.3, 0.4) is 0 Å². The molecule has 0 saturated carbocycles. The number of anilines is 2. The molecular weight excluding hydrogens is 382 g/mol. The molecule has 0 radical (unpaired) electrons. The van der Waals surface area contributed by atoms with Gasteiger partial charge < -0.3 is 15.2 Å². The second-order valence-corrected chi connectivity index (χ2v) is 7.70. The highest BCUT2D eigenvalue weighted by Gasteiger charge is 2.13. The molecule has 2 N–H and O–H groups in total. The molecule has 0 unspecified atom stereocenters. The summed E-state index contributed by atoms with van der Waals surface area (Å²) in [6.07, 6.45) is 1.73. The zero-order valence-electron chi connectivity index (χ0n) is 16.2. The van der Waals surface area contributed by atoms with Crippen LogP contribution in [0.15, 0.2) is 71.9 Å². The van der Waals surface area contributed by atoms with Crippen molar-refractivity contribution in [2.24, 2.45) is 0 Å². The summed E-state index contributed by atoms with van der Waals surface area (Å²) >= 11 is 1.40. The Labute approximate surface area is 173 Å². The quantitative estimate of drug-likeness (QED) is 0.466. The van der Waals surface area contributed by atoms with E-state index in [0.717, 1.165) is 38.8 Å². The van der Waals surface area contributed by atoms with Crippen molar-refractivity contribution in [1.29, 1.82) is 0 Å². The van der Waals surface area contributed by atoms with Crippen molar-refractivity contribution in [3.05, 3.63) is 66.9 Å². The van der Waals surface area contributed by atoms with Crippen molar-refractivity contribution < 1.29 is 4.79 Å². The zero-order chi connectivity index (χ0) is 20.2. The van der Waals surface area contributed by atoms with Crippen LogP contribution in [-0.4, -0.2) is 40.7 Å². The average Bonchev–Trinajstić information content (AvgIpc) is 3.17. The molecule has 2 aromatic heterocycles. The van der Waals surface area contributed by atoms with Gasteiger partial charge >= 0.3 is 0 Å². The fourth-order valence-electron chi connectivity index (χ4n) is 2.94. The van der Waals surface area contributed by atoms with Gasteiger partial charge in [0.25, 0.3) is 0 Å². The maximum Gasteiger partial charge on any atom is 0.234 e. The molecule has 29 heavy (non-hydrogen) atoms. The Kier molecular flexibility index (Phi) is 5.48. The second-order valence-electron chi connectivity index (χ2n) is 6.74. The SMILES string of the molecule is CN(C)c1ccc(NC(=O)CSc2ncccc2-c2nc3ccccc3[nH]2)cc1. The van der Waals surface area contributed by atoms with E-state index in [1.54, 1.807) is 6.20 Å². The molecule has 6 nitrogen and oxygen atoms in total. The van der Waals surface area contributed by atoms with Crippen LogP contribution < -0.4 is 10.2 Å². The number of hydrogen-bond donors (Lipinski definition) is 2. The van der Waals surface area contributed by atoms with Crippen molar-refractivity contribution in [2.45, 2.75) is 5.03 Å². The number of para-hydroxylation sites is 2. The molecule has 0 bridgehead atoms. The summed E-state index contributed by atoms with van der Waals surface area (Å²) in [5, 5.41) is 3.70. The standard InChI is InChI=1S/C22H21N5OS/c1-27(2)16-11-9-15(10-12-16)24-20(28)14-29-22-17(6-5-13-23-22)21-25-18-7-3-4-8-19(18)26-21/h3-13H,14H2,1-2H3,(H,24,28)(H,25,26). The van der Waals surface area contributed by atoms with Gasteiger partial charge in [0.2, 0.25) is 5.91 Å². The maximum atomic E-state index is 12.4. The number of nitrogens with zero attached hydrogens (tertiary/aromatic N) is 3. The molecule has 0 spiro atoms. The number of amides is 1. The molecular formula is C22H21N5OS. The number of thioether (sulfide) groups is 1. The Bertz CT molecular complexity index is 1100. The summed E-state index contributed by atoms with van der Waals surface area (Å²) < 4.78 is 0. The number of carbonyl (C=O) groups is 1. The lowest BCUT2D eigenvalue weighted by molar-refractivity contribution is -0.113. The van der Waals surface area contributed by atoms with Gasteiger partial charge in [-0.15, -0.1) is 0 Å². The normalized spacial score (nSPS) is 10.8. The Morgan fingerprint density at radius 2 is 1.86 bits per heavy atom. The summed E-state index contributed by atoms with van der Waals surface area (Å²) in [5.74, 6) is 0.940. The summed E-state index contributed by atoms with van der Waals surface area (Å²) in [4.78, 5) is 26.8. The third-order valence-electron chi connectivity index (χ3n) is 4.42. The molecule has 0 atom stereocenters. The minimum atomic E-state index is -0.0752. The predicted octanol–water partition coefficient (Wildman–Crippen LogP) is 4.42. The summed E-state index contributed by atoms with van der Waals surface area (Å²) in [6, 6.07) is 19.5. The first-order valence-electron chi connectivity index (χ1n) is 9.20. The van der Waals surface area contributed by atoms with Crippen molar-refractivity contribution in [2.75, 3.05) is 30.1 Å². The van der Waals surface area contributed by atoms with E-state index in [9.17, 15) is 4.79 Å². The fraction of sp³-hybridized carbons (Fsp3) is 0.136. The molecule has 0 fully saturated rings. The van der Waals surface area contributed by atoms with Gasteiger partial charge in [-0.25, -0.2) is 9.97 Å². The summed E-state index contributed by atoms with van der Waals surface area (Å²) in [6.45, 7) is 0. The smallest absolute Gasteiger partial charge is 0.234 e. The van der Waals surface area contributed by atoms with E-state index in [1.165, 1.54) is 11.8 Å². The van der Waals surface area contributed by atoms with Crippen LogP contribution in [0.2, 0.25) is 0 Å². The van der Waals surface area contributed by atoms with Crippen molar-refractivity contribution >= 4 is 40.1 Å². The van der Waals surface area contributed by atoms with Crippen molar-refractivity contribution in [1.82, 2.24) is 15.0 Å². The number of rotatable bonds is 6. The van der Waals surface area contributed by atoms with Crippen LogP contribution >= 0.6 is 11.8 Å². The highest BCUT2D eigenvalue weighted by molar-refractivity contribution is 8.00. The first kappa shape index (κ1) is 19.0. The number of H-pyrrole nitrogens is 1. The number of aromatic amines is 1. The van der Waals surface area contributed by atoms with E-state index in [1.807, 2.05) is 79.7 Å². The lowest BCUT2D eigenvalue weighted by atomic mass is 10.2. The minimum absolute atomic E-state index is 0.0752. The number of benzene rings is 2. The van der Waals surface area contributed by atoms with Gasteiger partial charge in [-0.1, -0.05) is 23.9 Å². The highest BCUT2D eigenvalue weighted by Crippen LogP contribution is 2.29. The van der Waals surface area contributed by atoms with Crippen LogP contribution in [0.4, 0.5) is 11.4 Å². The summed E-state index contributed by atoms with van der Waals surface area (Å²) in [7, 11) is 3.97. The number of aromatic nitrogens is 3. The van der Waals surface area contributed by atoms with Crippen LogP contribution in [-0.2, 0) is 4.79 Å². The molecule has 146 valence electrons. The Morgan fingerprint density at radius 1 is 1.07 bits per heavy atom. The van der Waals surface area contributed by atoms with Crippen LogP contribution in [0.5, 0.6) is 0 Å². The molecule has 0 aliphatic carbocycles. The first-order valence-corrected chi connectivity index (χ1v) is 10.2. The van der Waals surface area contributed by atoms with Gasteiger partial charge in [0.05, 0.1) is 16.8 Å². The van der Waals surface area contributed by atoms with E-state index < -0.39 is 0 Å². The topological polar surface area (TPSA) is 73.9 Å². The molecule has 7 heteroatoms. The van der Waals surface area contributed by atoms with Gasteiger partial charge in [-0.2, -0.15) is 0 Å². The third kappa shape index (κ3) is 4.41. The monoisotopic (exact) mass is 403 g/mol. The predicted molar refractivity (Wildman–Crippen MR) is 119 cm³/mol. The van der Waals surface area contributed by atoms with Gasteiger partial charge in [0, 0.05) is 37.2 Å². The third-order valence-corrected chi connectivity index (χ3v) is 5.43. The molecule has 0 aliphatic rings. The van der Waals surface area contributed by atoms with Crippen LogP contribution in [0, 0.1) is 0 Å². The maximum absolute atomic E-state index is 12.4. The Hall–Kier alpha value is -3.32. The van der Waals surface area contributed by atoms with Crippen molar-refractivity contribution in [3.8, 4) is 11.4 Å². The molecule has 2 heterocycles. The summed E-state index contributed by atoms with van der Waals surface area (Å²) in [5.41, 5.74) is 4.63. The molecule has 1 amide bonds. The minimum Gasteiger partial charge on any atom is -0.378 e. The van der Waals surface area contributed by atoms with E-state index in [2.05, 4.69) is 20.3 Å². The molecule has 0 aliphatic heterocycles. The average molecular weight is 404 g/mol. The molecule has 0 saturated heterocycles.